The van der Waals surface area contributed by atoms with Crippen molar-refractivity contribution in [3.8, 4) is 0 Å². The molecule has 9 nitrogen and oxygen atoms in total. The fourth-order valence-electron chi connectivity index (χ4n) is 3.22. The lowest BCUT2D eigenvalue weighted by Crippen LogP contribution is -2.43. The number of rotatable bonds is 7. The predicted molar refractivity (Wildman–Crippen MR) is 137 cm³/mol. The van der Waals surface area contributed by atoms with E-state index in [1.807, 2.05) is 54.6 Å². The van der Waals surface area contributed by atoms with Crippen LogP contribution in [0.2, 0.25) is 0 Å². The van der Waals surface area contributed by atoms with Gasteiger partial charge < -0.3 is 14.4 Å². The second kappa shape index (κ2) is 12.3. The van der Waals surface area contributed by atoms with Gasteiger partial charge in [0.05, 0.1) is 6.54 Å². The first-order valence-electron chi connectivity index (χ1n) is 11.5. The Balaban J connectivity index is 1.51. The monoisotopic (exact) mass is 490 g/mol. The molecule has 3 aromatic rings. The molecule has 0 bridgehead atoms. The highest BCUT2D eigenvalue weighted by Crippen LogP contribution is 2.16. The molecule has 0 unspecified atom stereocenters. The van der Waals surface area contributed by atoms with E-state index in [9.17, 15) is 14.4 Å². The number of hydrogen-bond donors (Lipinski definition) is 2. The summed E-state index contributed by atoms with van der Waals surface area (Å²) in [7, 11) is 0. The highest BCUT2D eigenvalue weighted by atomic mass is 16.6. The summed E-state index contributed by atoms with van der Waals surface area (Å²) in [5, 5.41) is 1.51. The standard InChI is InChI=1S/C27H30N4O5/c1-27(2,3)36-26(34)31(17-9-12-20-10-5-4-6-11-20)18-19-35-25(33)30-29-24(32)23-22-14-8-7-13-21(22)15-16-28-23/h4-16H,17-19H2,1-3H3,(H,29,32)(H,30,33). The number of amides is 3. The second-order valence-electron chi connectivity index (χ2n) is 8.84. The normalized spacial score (nSPS) is 11.2. The van der Waals surface area contributed by atoms with Crippen LogP contribution in [0.25, 0.3) is 16.8 Å². The largest absolute Gasteiger partial charge is 0.446 e. The van der Waals surface area contributed by atoms with Crippen molar-refractivity contribution in [2.75, 3.05) is 19.7 Å². The third kappa shape index (κ3) is 8.12. The van der Waals surface area contributed by atoms with Crippen molar-refractivity contribution in [3.05, 3.63) is 84.2 Å². The van der Waals surface area contributed by atoms with Crippen molar-refractivity contribution in [2.24, 2.45) is 0 Å². The maximum absolute atomic E-state index is 12.6. The van der Waals surface area contributed by atoms with Crippen LogP contribution in [0.1, 0.15) is 36.8 Å². The number of fused-ring (bicyclic) bond motifs is 1. The first kappa shape index (κ1) is 26.2. The Labute approximate surface area is 210 Å². The van der Waals surface area contributed by atoms with Gasteiger partial charge in [0.25, 0.3) is 5.91 Å². The molecule has 2 N–H and O–H groups in total. The van der Waals surface area contributed by atoms with Gasteiger partial charge in [-0.2, -0.15) is 0 Å². The molecule has 3 rings (SSSR count). The zero-order valence-corrected chi connectivity index (χ0v) is 20.6. The predicted octanol–water partition coefficient (Wildman–Crippen LogP) is 4.56. The molecule has 36 heavy (non-hydrogen) atoms. The summed E-state index contributed by atoms with van der Waals surface area (Å²) in [5.74, 6) is -0.579. The Morgan fingerprint density at radius 1 is 0.972 bits per heavy atom. The average Bonchev–Trinajstić information content (AvgIpc) is 2.85. The van der Waals surface area contributed by atoms with Gasteiger partial charge >= 0.3 is 12.2 Å². The Hall–Kier alpha value is -4.40. The van der Waals surface area contributed by atoms with Crippen LogP contribution in [-0.2, 0) is 9.47 Å². The van der Waals surface area contributed by atoms with Gasteiger partial charge in [0.2, 0.25) is 0 Å². The molecule has 188 valence electrons. The summed E-state index contributed by atoms with van der Waals surface area (Å²) in [6.07, 6.45) is 3.85. The molecule has 0 aliphatic rings. The molecule has 0 spiro atoms. The summed E-state index contributed by atoms with van der Waals surface area (Å²) in [5.41, 5.74) is 4.99. The van der Waals surface area contributed by atoms with Crippen LogP contribution in [0, 0.1) is 0 Å². The van der Waals surface area contributed by atoms with Crippen LogP contribution in [0.15, 0.2) is 72.9 Å². The number of carbonyl (C=O) groups is 3. The van der Waals surface area contributed by atoms with E-state index in [2.05, 4.69) is 15.8 Å². The van der Waals surface area contributed by atoms with Gasteiger partial charge in [-0.3, -0.25) is 15.2 Å². The van der Waals surface area contributed by atoms with Crippen LogP contribution in [0.3, 0.4) is 0 Å². The number of ether oxygens (including phenoxy) is 2. The molecule has 0 saturated heterocycles. The smallest absolute Gasteiger partial charge is 0.426 e. The third-order valence-corrected chi connectivity index (χ3v) is 4.85. The first-order chi connectivity index (χ1) is 17.2. The summed E-state index contributed by atoms with van der Waals surface area (Å²) >= 11 is 0. The number of benzene rings is 2. The number of hydrazine groups is 1. The molecule has 3 amide bonds. The summed E-state index contributed by atoms with van der Waals surface area (Å²) in [4.78, 5) is 42.7. The highest BCUT2D eigenvalue weighted by molar-refractivity contribution is 6.05. The van der Waals surface area contributed by atoms with E-state index >= 15 is 0 Å². The Bertz CT molecular complexity index is 1220. The van der Waals surface area contributed by atoms with Crippen molar-refractivity contribution in [1.82, 2.24) is 20.7 Å². The summed E-state index contributed by atoms with van der Waals surface area (Å²) < 4.78 is 10.6. The number of pyridine rings is 1. The van der Waals surface area contributed by atoms with Gasteiger partial charge in [0, 0.05) is 18.1 Å². The van der Waals surface area contributed by atoms with E-state index in [1.165, 1.54) is 11.1 Å². The topological polar surface area (TPSA) is 110 Å². The number of aromatic nitrogens is 1. The molecule has 1 heterocycles. The molecule has 0 aliphatic carbocycles. The van der Waals surface area contributed by atoms with Gasteiger partial charge in [-0.25, -0.2) is 15.0 Å². The average molecular weight is 491 g/mol. The van der Waals surface area contributed by atoms with Crippen LogP contribution in [0.4, 0.5) is 9.59 Å². The van der Waals surface area contributed by atoms with E-state index in [4.69, 9.17) is 9.47 Å². The summed E-state index contributed by atoms with van der Waals surface area (Å²) in [6, 6.07) is 18.8. The fraction of sp³-hybridized carbons (Fsp3) is 0.259. The molecular weight excluding hydrogens is 460 g/mol. The summed E-state index contributed by atoms with van der Waals surface area (Å²) in [6.45, 7) is 5.59. The molecular formula is C27H30N4O5. The minimum atomic E-state index is -0.868. The lowest BCUT2D eigenvalue weighted by atomic mass is 10.1. The third-order valence-electron chi connectivity index (χ3n) is 4.85. The Kier molecular flexibility index (Phi) is 8.99. The molecule has 0 fully saturated rings. The second-order valence-corrected chi connectivity index (χ2v) is 8.84. The number of nitrogens with zero attached hydrogens (tertiary/aromatic N) is 2. The van der Waals surface area contributed by atoms with Gasteiger partial charge in [-0.15, -0.1) is 0 Å². The molecule has 0 aliphatic heterocycles. The van der Waals surface area contributed by atoms with Gasteiger partial charge in [-0.05, 0) is 37.8 Å². The minimum Gasteiger partial charge on any atom is -0.446 e. The van der Waals surface area contributed by atoms with E-state index in [0.29, 0.717) is 5.39 Å². The van der Waals surface area contributed by atoms with Crippen molar-refractivity contribution < 1.29 is 23.9 Å². The Morgan fingerprint density at radius 2 is 1.69 bits per heavy atom. The quantitative estimate of drug-likeness (QED) is 0.470. The van der Waals surface area contributed by atoms with Crippen molar-refractivity contribution >= 4 is 34.9 Å². The zero-order chi connectivity index (χ0) is 26.0. The zero-order valence-electron chi connectivity index (χ0n) is 20.6. The van der Waals surface area contributed by atoms with E-state index in [1.54, 1.807) is 39.0 Å². The van der Waals surface area contributed by atoms with Crippen LogP contribution < -0.4 is 10.9 Å². The number of hydrogen-bond acceptors (Lipinski definition) is 6. The Morgan fingerprint density at radius 3 is 2.44 bits per heavy atom. The van der Waals surface area contributed by atoms with Gasteiger partial charge in [-0.1, -0.05) is 66.7 Å². The molecule has 0 saturated carbocycles. The highest BCUT2D eigenvalue weighted by Gasteiger charge is 2.22. The molecule has 1 aromatic heterocycles. The van der Waals surface area contributed by atoms with Crippen molar-refractivity contribution in [1.29, 1.82) is 0 Å². The SMILES string of the molecule is CC(C)(C)OC(=O)N(CC=Cc1ccccc1)CCOC(=O)NNC(=O)c1nccc2ccccc12. The molecule has 9 heteroatoms. The van der Waals surface area contributed by atoms with E-state index < -0.39 is 23.7 Å². The molecule has 0 radical (unpaired) electrons. The first-order valence-corrected chi connectivity index (χ1v) is 11.5. The molecule has 0 atom stereocenters. The molecule has 2 aromatic carbocycles. The number of carbonyl (C=O) groups excluding carboxylic acids is 3. The van der Waals surface area contributed by atoms with E-state index in [-0.39, 0.29) is 25.4 Å². The van der Waals surface area contributed by atoms with Crippen molar-refractivity contribution in [2.45, 2.75) is 26.4 Å². The maximum Gasteiger partial charge on any atom is 0.426 e. The minimum absolute atomic E-state index is 0.0975. The lowest BCUT2D eigenvalue weighted by molar-refractivity contribution is 0.0231. The number of nitrogens with one attached hydrogen (secondary N) is 2. The maximum atomic E-state index is 12.6. The van der Waals surface area contributed by atoms with Crippen LogP contribution >= 0.6 is 0 Å². The lowest BCUT2D eigenvalue weighted by Gasteiger charge is -2.26. The van der Waals surface area contributed by atoms with E-state index in [0.717, 1.165) is 10.9 Å². The van der Waals surface area contributed by atoms with Crippen LogP contribution in [-0.4, -0.2) is 53.3 Å². The fourth-order valence-corrected chi connectivity index (χ4v) is 3.22. The van der Waals surface area contributed by atoms with Crippen molar-refractivity contribution in [3.63, 3.8) is 0 Å². The van der Waals surface area contributed by atoms with Gasteiger partial charge in [0.1, 0.15) is 17.9 Å². The van der Waals surface area contributed by atoms with Gasteiger partial charge in [0.15, 0.2) is 0 Å². The van der Waals surface area contributed by atoms with Crippen LogP contribution in [0.5, 0.6) is 0 Å².